The quantitative estimate of drug-likeness (QED) is 0.669. The van der Waals surface area contributed by atoms with Gasteiger partial charge in [-0.2, -0.15) is 0 Å². The maximum absolute atomic E-state index is 13.1. The van der Waals surface area contributed by atoms with Crippen molar-refractivity contribution in [1.29, 1.82) is 0 Å². The Kier molecular flexibility index (Phi) is 2.95. The van der Waals surface area contributed by atoms with Gasteiger partial charge in [-0.25, -0.2) is 0 Å². The Morgan fingerprint density at radius 1 is 1.00 bits per heavy atom. The van der Waals surface area contributed by atoms with Crippen LogP contribution in [-0.2, 0) is 0 Å². The van der Waals surface area contributed by atoms with Gasteiger partial charge in [-0.1, -0.05) is 29.3 Å². The summed E-state index contributed by atoms with van der Waals surface area (Å²) in [6.45, 7) is 0. The summed E-state index contributed by atoms with van der Waals surface area (Å²) in [6.07, 6.45) is 7.24. The summed E-state index contributed by atoms with van der Waals surface area (Å²) in [5.41, 5.74) is 0.504. The van der Waals surface area contributed by atoms with Gasteiger partial charge in [0, 0.05) is 11.0 Å². The molecule has 1 nitrogen and oxygen atoms in total. The van der Waals surface area contributed by atoms with Crippen LogP contribution in [0.1, 0.15) is 48.9 Å². The fraction of sp³-hybridized carbons (Fsp3) is 0.588. The van der Waals surface area contributed by atoms with Crippen LogP contribution in [-0.4, -0.2) is 5.78 Å². The molecular formula is C17H18Cl2O. The van der Waals surface area contributed by atoms with E-state index >= 15 is 0 Å². The molecule has 0 heterocycles. The Morgan fingerprint density at radius 2 is 1.55 bits per heavy atom. The van der Waals surface area contributed by atoms with Crippen molar-refractivity contribution in [2.45, 2.75) is 38.5 Å². The first-order valence-corrected chi connectivity index (χ1v) is 8.32. The number of hydrogen-bond acceptors (Lipinski definition) is 1. The molecule has 0 radical (unpaired) electrons. The molecule has 1 aromatic rings. The van der Waals surface area contributed by atoms with Crippen LogP contribution in [0.2, 0.25) is 10.0 Å². The van der Waals surface area contributed by atoms with Gasteiger partial charge in [-0.3, -0.25) is 4.79 Å². The number of ketones is 1. The number of carbonyl (C=O) groups is 1. The molecule has 4 bridgehead atoms. The predicted octanol–water partition coefficient (Wildman–Crippen LogP) is 5.39. The molecule has 4 fully saturated rings. The van der Waals surface area contributed by atoms with Gasteiger partial charge in [0.1, 0.15) is 0 Å². The van der Waals surface area contributed by atoms with Crippen molar-refractivity contribution in [3.8, 4) is 0 Å². The molecule has 0 atom stereocenters. The average molecular weight is 309 g/mol. The molecule has 0 spiro atoms. The molecule has 0 amide bonds. The number of Topliss-reactive ketones (excluding diaryl/α,β-unsaturated/α-hetero) is 1. The zero-order valence-electron chi connectivity index (χ0n) is 11.4. The molecule has 3 heteroatoms. The van der Waals surface area contributed by atoms with Crippen molar-refractivity contribution >= 4 is 29.0 Å². The van der Waals surface area contributed by atoms with Gasteiger partial charge < -0.3 is 0 Å². The summed E-state index contributed by atoms with van der Waals surface area (Å²) in [5, 5.41) is 0.928. The van der Waals surface area contributed by atoms with Gasteiger partial charge in [-0.05, 0) is 68.4 Å². The number of halogens is 2. The zero-order chi connectivity index (χ0) is 13.9. The van der Waals surface area contributed by atoms with E-state index in [2.05, 4.69) is 0 Å². The van der Waals surface area contributed by atoms with Gasteiger partial charge in [0.2, 0.25) is 0 Å². The van der Waals surface area contributed by atoms with Crippen molar-refractivity contribution in [2.24, 2.45) is 23.2 Å². The first-order chi connectivity index (χ1) is 9.57. The van der Waals surface area contributed by atoms with Crippen molar-refractivity contribution in [3.05, 3.63) is 33.8 Å². The SMILES string of the molecule is O=C(c1cccc(Cl)c1Cl)C12CC3CC(CC(C3)C1)C2. The monoisotopic (exact) mass is 308 g/mol. The maximum atomic E-state index is 13.1. The van der Waals surface area contributed by atoms with Crippen molar-refractivity contribution < 1.29 is 4.79 Å². The predicted molar refractivity (Wildman–Crippen MR) is 81.4 cm³/mol. The van der Waals surface area contributed by atoms with Crippen molar-refractivity contribution in [1.82, 2.24) is 0 Å². The van der Waals surface area contributed by atoms with E-state index in [-0.39, 0.29) is 11.2 Å². The fourth-order valence-corrected chi connectivity index (χ4v) is 5.74. The molecule has 0 saturated heterocycles. The van der Waals surface area contributed by atoms with Gasteiger partial charge >= 0.3 is 0 Å². The van der Waals surface area contributed by atoms with E-state index in [0.29, 0.717) is 15.6 Å². The number of rotatable bonds is 2. The van der Waals surface area contributed by atoms with Gasteiger partial charge in [0.15, 0.2) is 5.78 Å². The maximum Gasteiger partial charge on any atom is 0.170 e. The first-order valence-electron chi connectivity index (χ1n) is 7.56. The Balaban J connectivity index is 1.73. The average Bonchev–Trinajstić information content (AvgIpc) is 2.39. The van der Waals surface area contributed by atoms with Gasteiger partial charge in [0.05, 0.1) is 10.0 Å². The largest absolute Gasteiger partial charge is 0.294 e. The van der Waals surface area contributed by atoms with Crippen LogP contribution in [0.3, 0.4) is 0 Å². The van der Waals surface area contributed by atoms with Crippen LogP contribution in [0.25, 0.3) is 0 Å². The molecule has 0 unspecified atom stereocenters. The van der Waals surface area contributed by atoms with E-state index in [1.165, 1.54) is 19.3 Å². The summed E-state index contributed by atoms with van der Waals surface area (Å²) in [6, 6.07) is 5.43. The summed E-state index contributed by atoms with van der Waals surface area (Å²) >= 11 is 12.4. The third kappa shape index (κ3) is 1.86. The molecule has 0 aliphatic heterocycles. The molecule has 20 heavy (non-hydrogen) atoms. The minimum atomic E-state index is -0.136. The lowest BCUT2D eigenvalue weighted by Gasteiger charge is -2.56. The second kappa shape index (κ2) is 4.48. The highest BCUT2D eigenvalue weighted by Gasteiger charge is 2.54. The fourth-order valence-electron chi connectivity index (χ4n) is 5.35. The molecular weight excluding hydrogens is 291 g/mol. The molecule has 106 valence electrons. The zero-order valence-corrected chi connectivity index (χ0v) is 12.9. The van der Waals surface area contributed by atoms with Crippen LogP contribution in [0.5, 0.6) is 0 Å². The molecule has 4 saturated carbocycles. The molecule has 4 aliphatic carbocycles. The molecule has 0 aromatic heterocycles. The Labute approximate surface area is 129 Å². The summed E-state index contributed by atoms with van der Waals surface area (Å²) in [7, 11) is 0. The van der Waals surface area contributed by atoms with Gasteiger partial charge in [-0.15, -0.1) is 0 Å². The van der Waals surface area contributed by atoms with E-state index in [1.54, 1.807) is 6.07 Å². The second-order valence-electron chi connectivity index (χ2n) is 7.13. The molecule has 1 aromatic carbocycles. The lowest BCUT2D eigenvalue weighted by atomic mass is 9.48. The highest BCUT2D eigenvalue weighted by molar-refractivity contribution is 6.44. The van der Waals surface area contributed by atoms with Crippen LogP contribution in [0.15, 0.2) is 18.2 Å². The lowest BCUT2D eigenvalue weighted by Crippen LogP contribution is -2.50. The van der Waals surface area contributed by atoms with Crippen LogP contribution in [0.4, 0.5) is 0 Å². The topological polar surface area (TPSA) is 17.1 Å². The van der Waals surface area contributed by atoms with Crippen LogP contribution < -0.4 is 0 Å². The Morgan fingerprint density at radius 3 is 2.10 bits per heavy atom. The van der Waals surface area contributed by atoms with Gasteiger partial charge in [0.25, 0.3) is 0 Å². The van der Waals surface area contributed by atoms with E-state index in [0.717, 1.165) is 37.0 Å². The summed E-state index contributed by atoms with van der Waals surface area (Å²) in [4.78, 5) is 13.1. The van der Waals surface area contributed by atoms with Crippen molar-refractivity contribution in [3.63, 3.8) is 0 Å². The number of carbonyl (C=O) groups excluding carboxylic acids is 1. The summed E-state index contributed by atoms with van der Waals surface area (Å²) < 4.78 is 0. The highest BCUT2D eigenvalue weighted by atomic mass is 35.5. The Bertz CT molecular complexity index is 543. The first kappa shape index (κ1) is 13.2. The van der Waals surface area contributed by atoms with E-state index in [4.69, 9.17) is 23.2 Å². The normalized spacial score (nSPS) is 38.2. The highest BCUT2D eigenvalue weighted by Crippen LogP contribution is 2.61. The van der Waals surface area contributed by atoms with Crippen LogP contribution >= 0.6 is 23.2 Å². The third-order valence-electron chi connectivity index (χ3n) is 5.72. The van der Waals surface area contributed by atoms with Crippen LogP contribution in [0, 0.1) is 23.2 Å². The third-order valence-corrected chi connectivity index (χ3v) is 6.54. The van der Waals surface area contributed by atoms with E-state index in [1.807, 2.05) is 12.1 Å². The number of hydrogen-bond donors (Lipinski definition) is 0. The minimum Gasteiger partial charge on any atom is -0.294 e. The molecule has 5 rings (SSSR count). The minimum absolute atomic E-state index is 0.136. The smallest absolute Gasteiger partial charge is 0.170 e. The molecule has 4 aliphatic rings. The summed E-state index contributed by atoms with van der Waals surface area (Å²) in [5.74, 6) is 2.55. The Hall–Kier alpha value is -0.530. The lowest BCUT2D eigenvalue weighted by molar-refractivity contribution is -0.0353. The number of benzene rings is 1. The molecule has 0 N–H and O–H groups in total. The van der Waals surface area contributed by atoms with E-state index < -0.39 is 0 Å². The standard InChI is InChI=1S/C17H18Cl2O/c18-14-3-1-2-13(15(14)19)16(20)17-7-10-4-11(8-17)6-12(5-10)9-17/h1-3,10-12H,4-9H2. The van der Waals surface area contributed by atoms with E-state index in [9.17, 15) is 4.79 Å². The van der Waals surface area contributed by atoms with Crippen molar-refractivity contribution in [2.75, 3.05) is 0 Å². The second-order valence-corrected chi connectivity index (χ2v) is 7.91.